The Morgan fingerprint density at radius 2 is 1.88 bits per heavy atom. The van der Waals surface area contributed by atoms with E-state index in [1.165, 1.54) is 0 Å². The van der Waals surface area contributed by atoms with Gasteiger partial charge in [-0.05, 0) is 44.4 Å². The molecular weight excluding hydrogens is 420 g/mol. The van der Waals surface area contributed by atoms with Gasteiger partial charge in [-0.25, -0.2) is 9.78 Å². The van der Waals surface area contributed by atoms with Gasteiger partial charge in [-0.1, -0.05) is 54.6 Å². The fraction of sp³-hybridized carbons (Fsp3) is 0.385. The van der Waals surface area contributed by atoms with Crippen LogP contribution in [-0.2, 0) is 10.3 Å². The smallest absolute Gasteiger partial charge is 0.411 e. The molecule has 1 saturated heterocycles. The summed E-state index contributed by atoms with van der Waals surface area (Å²) in [5.74, 6) is 0. The minimum atomic E-state index is -0.964. The first kappa shape index (κ1) is 22.5. The lowest BCUT2D eigenvalue weighted by Gasteiger charge is -2.45. The van der Waals surface area contributed by atoms with Crippen molar-refractivity contribution < 1.29 is 14.6 Å². The molecule has 0 saturated carbocycles. The molecule has 32 heavy (non-hydrogen) atoms. The molecule has 0 bridgehead atoms. The largest absolute Gasteiger partial charge is 0.438 e. The van der Waals surface area contributed by atoms with Crippen molar-refractivity contribution in [2.45, 2.75) is 57.8 Å². The molecule has 1 aliphatic rings. The van der Waals surface area contributed by atoms with Gasteiger partial charge in [0.25, 0.3) is 0 Å². The number of carbonyl (C=O) groups is 1. The second kappa shape index (κ2) is 8.68. The number of cyclic esters (lactones) is 1. The van der Waals surface area contributed by atoms with Gasteiger partial charge in [0, 0.05) is 25.6 Å². The third-order valence-electron chi connectivity index (χ3n) is 6.06. The molecule has 2 heterocycles. The standard InChI is InChI=1S/C26H30N2O3S/c1-18(20-10-12-21(13-11-20)23-16-27-19(2)32-23)28-15-14-26(31-24(28)29,17-25(3,4)30)22-8-6-5-7-9-22/h5-13,16,18,30H,14-15,17H2,1-4H3/t18-,26-/m0/s1. The Hall–Kier alpha value is -2.70. The summed E-state index contributed by atoms with van der Waals surface area (Å²) in [7, 11) is 0. The predicted molar refractivity (Wildman–Crippen MR) is 128 cm³/mol. The molecule has 1 fully saturated rings. The number of thiazole rings is 1. The minimum absolute atomic E-state index is 0.115. The second-order valence-corrected chi connectivity index (χ2v) is 10.4. The van der Waals surface area contributed by atoms with E-state index in [0.29, 0.717) is 19.4 Å². The number of benzene rings is 2. The van der Waals surface area contributed by atoms with Gasteiger partial charge in [-0.15, -0.1) is 11.3 Å². The molecule has 2 aromatic carbocycles. The van der Waals surface area contributed by atoms with Crippen LogP contribution >= 0.6 is 11.3 Å². The van der Waals surface area contributed by atoms with Crippen molar-refractivity contribution in [2.75, 3.05) is 6.54 Å². The summed E-state index contributed by atoms with van der Waals surface area (Å²) in [4.78, 5) is 20.4. The fourth-order valence-corrected chi connectivity index (χ4v) is 5.28. The zero-order chi connectivity index (χ0) is 22.9. The first-order chi connectivity index (χ1) is 15.2. The first-order valence-electron chi connectivity index (χ1n) is 11.0. The molecular formula is C26H30N2O3S. The third-order valence-corrected chi connectivity index (χ3v) is 7.02. The molecule has 1 amide bonds. The van der Waals surface area contributed by atoms with Crippen molar-refractivity contribution in [3.8, 4) is 10.4 Å². The summed E-state index contributed by atoms with van der Waals surface area (Å²) in [6, 6.07) is 17.9. The van der Waals surface area contributed by atoms with E-state index in [0.717, 1.165) is 26.6 Å². The maximum Gasteiger partial charge on any atom is 0.411 e. The Labute approximate surface area is 193 Å². The fourth-order valence-electron chi connectivity index (χ4n) is 4.49. The van der Waals surface area contributed by atoms with Gasteiger partial charge in [-0.2, -0.15) is 0 Å². The molecule has 1 N–H and O–H groups in total. The summed E-state index contributed by atoms with van der Waals surface area (Å²) < 4.78 is 6.11. The molecule has 3 aromatic rings. The van der Waals surface area contributed by atoms with E-state index in [1.54, 1.807) is 30.1 Å². The van der Waals surface area contributed by atoms with Crippen LogP contribution in [0.1, 0.15) is 55.8 Å². The van der Waals surface area contributed by atoms with Gasteiger partial charge < -0.3 is 14.7 Å². The number of hydrogen-bond acceptors (Lipinski definition) is 5. The number of carbonyl (C=O) groups excluding carboxylic acids is 1. The van der Waals surface area contributed by atoms with Crippen molar-refractivity contribution in [3.63, 3.8) is 0 Å². The number of ether oxygens (including phenoxy) is 1. The summed E-state index contributed by atoms with van der Waals surface area (Å²) in [5, 5.41) is 11.6. The zero-order valence-electron chi connectivity index (χ0n) is 19.0. The number of rotatable bonds is 6. The lowest BCUT2D eigenvalue weighted by Crippen LogP contribution is -2.51. The molecule has 1 aliphatic heterocycles. The minimum Gasteiger partial charge on any atom is -0.438 e. The van der Waals surface area contributed by atoms with Gasteiger partial charge in [0.1, 0.15) is 5.60 Å². The quantitative estimate of drug-likeness (QED) is 0.494. The molecule has 0 spiro atoms. The highest BCUT2D eigenvalue weighted by atomic mass is 32.1. The summed E-state index contributed by atoms with van der Waals surface area (Å²) in [6.45, 7) is 8.10. The Kier molecular flexibility index (Phi) is 6.10. The summed E-state index contributed by atoms with van der Waals surface area (Å²) >= 11 is 1.67. The van der Waals surface area contributed by atoms with Crippen LogP contribution < -0.4 is 0 Å². The van der Waals surface area contributed by atoms with Crippen LogP contribution in [0.25, 0.3) is 10.4 Å². The number of aryl methyl sites for hydroxylation is 1. The lowest BCUT2D eigenvalue weighted by atomic mass is 9.80. The predicted octanol–water partition coefficient (Wildman–Crippen LogP) is 6.08. The maximum absolute atomic E-state index is 13.2. The maximum atomic E-state index is 13.2. The highest BCUT2D eigenvalue weighted by molar-refractivity contribution is 7.15. The molecule has 4 rings (SSSR count). The van der Waals surface area contributed by atoms with Crippen molar-refractivity contribution in [3.05, 3.63) is 76.9 Å². The molecule has 0 aliphatic carbocycles. The van der Waals surface area contributed by atoms with E-state index in [1.807, 2.05) is 50.4 Å². The topological polar surface area (TPSA) is 62.7 Å². The molecule has 5 nitrogen and oxygen atoms in total. The van der Waals surface area contributed by atoms with Crippen LogP contribution in [0.5, 0.6) is 0 Å². The third kappa shape index (κ3) is 4.71. The Morgan fingerprint density at radius 3 is 2.44 bits per heavy atom. The molecule has 168 valence electrons. The van der Waals surface area contributed by atoms with Crippen molar-refractivity contribution >= 4 is 17.4 Å². The molecule has 0 radical (unpaired) electrons. The van der Waals surface area contributed by atoms with Gasteiger partial charge in [0.2, 0.25) is 0 Å². The van der Waals surface area contributed by atoms with E-state index in [4.69, 9.17) is 4.74 Å². The van der Waals surface area contributed by atoms with E-state index < -0.39 is 11.2 Å². The van der Waals surface area contributed by atoms with E-state index in [2.05, 4.69) is 29.2 Å². The highest BCUT2D eigenvalue weighted by Gasteiger charge is 2.46. The lowest BCUT2D eigenvalue weighted by molar-refractivity contribution is -0.101. The van der Waals surface area contributed by atoms with Crippen LogP contribution in [0.3, 0.4) is 0 Å². The summed E-state index contributed by atoms with van der Waals surface area (Å²) in [6.07, 6.45) is 2.52. The van der Waals surface area contributed by atoms with E-state index in [9.17, 15) is 9.90 Å². The number of amides is 1. The van der Waals surface area contributed by atoms with E-state index in [-0.39, 0.29) is 12.1 Å². The van der Waals surface area contributed by atoms with Crippen molar-refractivity contribution in [1.82, 2.24) is 9.88 Å². The number of nitrogens with zero attached hydrogens (tertiary/aromatic N) is 2. The van der Waals surface area contributed by atoms with Gasteiger partial charge in [0.05, 0.1) is 21.5 Å². The second-order valence-electron chi connectivity index (χ2n) is 9.20. The first-order valence-corrected chi connectivity index (χ1v) is 11.8. The Morgan fingerprint density at radius 1 is 1.19 bits per heavy atom. The SMILES string of the molecule is Cc1ncc(-c2ccc([C@H](C)N3CC[C@](CC(C)(C)O)(c4ccccc4)OC3=O)cc2)s1. The number of hydrogen-bond donors (Lipinski definition) is 1. The van der Waals surface area contributed by atoms with Crippen LogP contribution in [-0.4, -0.2) is 33.2 Å². The van der Waals surface area contributed by atoms with Crippen LogP contribution in [0.15, 0.2) is 60.8 Å². The Bertz CT molecular complexity index is 1070. The highest BCUT2D eigenvalue weighted by Crippen LogP contribution is 2.42. The van der Waals surface area contributed by atoms with Gasteiger partial charge in [0.15, 0.2) is 0 Å². The number of aliphatic hydroxyl groups is 1. The van der Waals surface area contributed by atoms with Crippen LogP contribution in [0.4, 0.5) is 4.79 Å². The van der Waals surface area contributed by atoms with E-state index >= 15 is 0 Å². The molecule has 0 unspecified atom stereocenters. The van der Waals surface area contributed by atoms with Crippen LogP contribution in [0, 0.1) is 6.92 Å². The molecule has 1 aromatic heterocycles. The van der Waals surface area contributed by atoms with Gasteiger partial charge >= 0.3 is 6.09 Å². The van der Waals surface area contributed by atoms with Gasteiger partial charge in [-0.3, -0.25) is 0 Å². The Balaban J connectivity index is 1.53. The summed E-state index contributed by atoms with van der Waals surface area (Å²) in [5.41, 5.74) is 1.31. The average molecular weight is 451 g/mol. The van der Waals surface area contributed by atoms with Crippen molar-refractivity contribution in [2.24, 2.45) is 0 Å². The average Bonchev–Trinajstić information content (AvgIpc) is 3.19. The number of aromatic nitrogens is 1. The monoisotopic (exact) mass is 450 g/mol. The molecule has 2 atom stereocenters. The zero-order valence-corrected chi connectivity index (χ0v) is 19.9. The normalized spacial score (nSPS) is 20.2. The molecule has 6 heteroatoms. The van der Waals surface area contributed by atoms with Crippen LogP contribution in [0.2, 0.25) is 0 Å². The van der Waals surface area contributed by atoms with Crippen molar-refractivity contribution in [1.29, 1.82) is 0 Å².